The fourth-order valence-corrected chi connectivity index (χ4v) is 5.07. The maximum absolute atomic E-state index is 13.9. The lowest BCUT2D eigenvalue weighted by molar-refractivity contribution is -0.136. The van der Waals surface area contributed by atoms with Crippen molar-refractivity contribution >= 4 is 22.6 Å². The molecule has 0 aliphatic heterocycles. The van der Waals surface area contributed by atoms with Gasteiger partial charge in [0.15, 0.2) is 0 Å². The zero-order valence-electron chi connectivity index (χ0n) is 23.2. The molecule has 1 unspecified atom stereocenters. The van der Waals surface area contributed by atoms with Crippen LogP contribution in [0, 0.1) is 5.82 Å². The molecule has 1 aromatic heterocycles. The monoisotopic (exact) mass is 588 g/mol. The Bertz CT molecular complexity index is 1790. The Hall–Kier alpha value is -4.99. The largest absolute Gasteiger partial charge is 0.418 e. The number of carbonyl (C=O) groups is 1. The molecule has 10 heteroatoms. The van der Waals surface area contributed by atoms with Gasteiger partial charge in [0.1, 0.15) is 11.6 Å². The lowest BCUT2D eigenvalue weighted by Crippen LogP contribution is -2.42. The van der Waals surface area contributed by atoms with Crippen molar-refractivity contribution in [2.45, 2.75) is 32.0 Å². The van der Waals surface area contributed by atoms with E-state index in [-0.39, 0.29) is 24.5 Å². The van der Waals surface area contributed by atoms with Crippen molar-refractivity contribution in [3.05, 3.63) is 136 Å². The number of amides is 2. The summed E-state index contributed by atoms with van der Waals surface area (Å²) in [6.07, 6.45) is -4.03. The van der Waals surface area contributed by atoms with E-state index in [9.17, 15) is 27.2 Å². The fraction of sp³-hybridized carbons (Fsp3) is 0.182. The number of para-hydroxylation sites is 2. The first-order valence-corrected chi connectivity index (χ1v) is 13.7. The van der Waals surface area contributed by atoms with Crippen LogP contribution in [0.2, 0.25) is 0 Å². The fourth-order valence-electron chi connectivity index (χ4n) is 5.07. The normalized spacial score (nSPS) is 12.2. The maximum atomic E-state index is 13.9. The van der Waals surface area contributed by atoms with Crippen LogP contribution in [-0.2, 0) is 12.6 Å². The molecule has 0 spiro atoms. The van der Waals surface area contributed by atoms with Crippen molar-refractivity contribution in [2.24, 2.45) is 0 Å². The van der Waals surface area contributed by atoms with E-state index in [1.54, 1.807) is 31.2 Å². The Morgan fingerprint density at radius 3 is 2.26 bits per heavy atom. The molecule has 0 fully saturated rings. The lowest BCUT2D eigenvalue weighted by atomic mass is 10.1. The van der Waals surface area contributed by atoms with E-state index in [4.69, 9.17) is 4.98 Å². The Balaban J connectivity index is 1.64. The Labute approximate surface area is 245 Å². The predicted molar refractivity (Wildman–Crippen MR) is 158 cm³/mol. The van der Waals surface area contributed by atoms with Gasteiger partial charge in [-0.1, -0.05) is 61.5 Å². The van der Waals surface area contributed by atoms with Gasteiger partial charge in [-0.2, -0.15) is 13.2 Å². The highest BCUT2D eigenvalue weighted by Crippen LogP contribution is 2.35. The zero-order chi connectivity index (χ0) is 30.6. The second-order valence-electron chi connectivity index (χ2n) is 9.93. The molecule has 2 amide bonds. The molecule has 0 aliphatic rings. The summed E-state index contributed by atoms with van der Waals surface area (Å²) in [6, 6.07) is 24.5. The van der Waals surface area contributed by atoms with Crippen molar-refractivity contribution in [3.63, 3.8) is 0 Å². The third kappa shape index (κ3) is 6.43. The summed E-state index contributed by atoms with van der Waals surface area (Å²) in [5, 5.41) is 2.78. The Kier molecular flexibility index (Phi) is 8.56. The number of benzene rings is 4. The topological polar surface area (TPSA) is 67.2 Å². The minimum absolute atomic E-state index is 0.106. The molecular formula is C33H28F4N4O2. The highest BCUT2D eigenvalue weighted by molar-refractivity contribution is 5.90. The standard InChI is InChI=1S/C33H28F4N4O2/c1-2-29(30-38-27-14-8-6-12-25(27)31(42)41(30)24-18-16-23(34)17-19-24)40(21-20-22-10-4-3-5-11-22)32(43)39-28-15-9-7-13-26(28)33(35,36)37/h3-19,29H,2,20-21H2,1H3,(H,39,43). The van der Waals surface area contributed by atoms with Crippen LogP contribution in [0.15, 0.2) is 108 Å². The molecule has 220 valence electrons. The third-order valence-electron chi connectivity index (χ3n) is 7.17. The first kappa shape index (κ1) is 29.5. The zero-order valence-corrected chi connectivity index (χ0v) is 23.2. The van der Waals surface area contributed by atoms with Gasteiger partial charge in [0.05, 0.1) is 33.9 Å². The van der Waals surface area contributed by atoms with E-state index in [1.165, 1.54) is 51.9 Å². The number of aromatic nitrogens is 2. The number of nitrogens with one attached hydrogen (secondary N) is 1. The summed E-state index contributed by atoms with van der Waals surface area (Å²) in [4.78, 5) is 34.0. The Morgan fingerprint density at radius 1 is 0.907 bits per heavy atom. The molecule has 1 heterocycles. The van der Waals surface area contributed by atoms with Crippen LogP contribution in [0.1, 0.15) is 36.3 Å². The van der Waals surface area contributed by atoms with Crippen LogP contribution in [0.3, 0.4) is 0 Å². The van der Waals surface area contributed by atoms with E-state index >= 15 is 0 Å². The maximum Gasteiger partial charge on any atom is 0.418 e. The number of anilines is 1. The second-order valence-corrected chi connectivity index (χ2v) is 9.93. The van der Waals surface area contributed by atoms with E-state index < -0.39 is 35.2 Å². The van der Waals surface area contributed by atoms with Crippen molar-refractivity contribution in [2.75, 3.05) is 11.9 Å². The number of hydrogen-bond donors (Lipinski definition) is 1. The smallest absolute Gasteiger partial charge is 0.314 e. The molecule has 5 aromatic rings. The summed E-state index contributed by atoms with van der Waals surface area (Å²) >= 11 is 0. The molecule has 43 heavy (non-hydrogen) atoms. The van der Waals surface area contributed by atoms with Crippen LogP contribution in [0.25, 0.3) is 16.6 Å². The summed E-state index contributed by atoms with van der Waals surface area (Å²) in [7, 11) is 0. The van der Waals surface area contributed by atoms with Crippen molar-refractivity contribution in [1.29, 1.82) is 0 Å². The molecular weight excluding hydrogens is 560 g/mol. The van der Waals surface area contributed by atoms with Gasteiger partial charge in [0.2, 0.25) is 0 Å². The lowest BCUT2D eigenvalue weighted by Gasteiger charge is -2.33. The van der Waals surface area contributed by atoms with Crippen molar-refractivity contribution in [3.8, 4) is 5.69 Å². The minimum atomic E-state index is -4.69. The predicted octanol–water partition coefficient (Wildman–Crippen LogP) is 7.77. The number of nitrogens with zero attached hydrogens (tertiary/aromatic N) is 3. The van der Waals surface area contributed by atoms with Gasteiger partial charge >= 0.3 is 12.2 Å². The van der Waals surface area contributed by atoms with Gasteiger partial charge in [-0.15, -0.1) is 0 Å². The van der Waals surface area contributed by atoms with Gasteiger partial charge < -0.3 is 10.2 Å². The number of hydrogen-bond acceptors (Lipinski definition) is 3. The van der Waals surface area contributed by atoms with E-state index in [1.807, 2.05) is 30.3 Å². The molecule has 4 aromatic carbocycles. The summed E-state index contributed by atoms with van der Waals surface area (Å²) in [6.45, 7) is 1.90. The number of fused-ring (bicyclic) bond motifs is 1. The highest BCUT2D eigenvalue weighted by atomic mass is 19.4. The van der Waals surface area contributed by atoms with Gasteiger partial charge in [-0.25, -0.2) is 14.2 Å². The van der Waals surface area contributed by atoms with Crippen LogP contribution >= 0.6 is 0 Å². The number of alkyl halides is 3. The molecule has 0 saturated carbocycles. The average molecular weight is 589 g/mol. The molecule has 6 nitrogen and oxygen atoms in total. The van der Waals surface area contributed by atoms with E-state index in [2.05, 4.69) is 5.32 Å². The second kappa shape index (κ2) is 12.5. The first-order chi connectivity index (χ1) is 20.7. The molecule has 1 N–H and O–H groups in total. The van der Waals surface area contributed by atoms with Crippen LogP contribution in [0.4, 0.5) is 28.0 Å². The summed E-state index contributed by atoms with van der Waals surface area (Å²) in [5.41, 5.74) is -0.146. The number of urea groups is 1. The van der Waals surface area contributed by atoms with E-state index in [0.29, 0.717) is 23.0 Å². The number of carbonyl (C=O) groups excluding carboxylic acids is 1. The van der Waals surface area contributed by atoms with E-state index in [0.717, 1.165) is 11.6 Å². The van der Waals surface area contributed by atoms with Gasteiger partial charge in [-0.3, -0.25) is 9.36 Å². The van der Waals surface area contributed by atoms with Crippen molar-refractivity contribution in [1.82, 2.24) is 14.5 Å². The van der Waals surface area contributed by atoms with Crippen LogP contribution in [0.5, 0.6) is 0 Å². The van der Waals surface area contributed by atoms with Crippen LogP contribution in [-0.4, -0.2) is 27.0 Å². The first-order valence-electron chi connectivity index (χ1n) is 13.7. The number of halogens is 4. The third-order valence-corrected chi connectivity index (χ3v) is 7.17. The molecule has 0 aliphatic carbocycles. The minimum Gasteiger partial charge on any atom is -0.314 e. The number of rotatable bonds is 8. The van der Waals surface area contributed by atoms with Gasteiger partial charge in [0, 0.05) is 6.54 Å². The highest BCUT2D eigenvalue weighted by Gasteiger charge is 2.35. The quantitative estimate of drug-likeness (QED) is 0.188. The summed E-state index contributed by atoms with van der Waals surface area (Å²) in [5.74, 6) is -0.295. The Morgan fingerprint density at radius 2 is 1.56 bits per heavy atom. The average Bonchev–Trinajstić information content (AvgIpc) is 3.00. The van der Waals surface area contributed by atoms with Gasteiger partial charge in [-0.05, 0) is 66.9 Å². The molecule has 1 atom stereocenters. The molecule has 0 radical (unpaired) electrons. The van der Waals surface area contributed by atoms with Gasteiger partial charge in [0.25, 0.3) is 5.56 Å². The van der Waals surface area contributed by atoms with Crippen LogP contribution < -0.4 is 10.9 Å². The van der Waals surface area contributed by atoms with Crippen molar-refractivity contribution < 1.29 is 22.4 Å². The molecule has 5 rings (SSSR count). The SMILES string of the molecule is CCC(c1nc2ccccc2c(=O)n1-c1ccc(F)cc1)N(CCc1ccccc1)C(=O)Nc1ccccc1C(F)(F)F. The molecule has 0 saturated heterocycles. The summed E-state index contributed by atoms with van der Waals surface area (Å²) < 4.78 is 56.5. The molecule has 0 bridgehead atoms.